The molecule has 6 heteroatoms. The quantitative estimate of drug-likeness (QED) is 0.452. The molecule has 0 aliphatic rings. The van der Waals surface area contributed by atoms with Gasteiger partial charge in [0.2, 0.25) is 0 Å². The molecule has 5 nitrogen and oxygen atoms in total. The zero-order valence-electron chi connectivity index (χ0n) is 12.7. The first-order valence-electron chi connectivity index (χ1n) is 7.09. The molecule has 0 saturated heterocycles. The lowest BCUT2D eigenvalue weighted by molar-refractivity contribution is 0.129. The van der Waals surface area contributed by atoms with Gasteiger partial charge in [-0.1, -0.05) is 39.5 Å². The van der Waals surface area contributed by atoms with Crippen molar-refractivity contribution in [1.82, 2.24) is 0 Å². The number of ether oxygens (including phenoxy) is 1. The molecule has 0 aromatic heterocycles. The Kier molecular flexibility index (Phi) is 20.3. The Labute approximate surface area is 118 Å². The highest BCUT2D eigenvalue weighted by Gasteiger charge is 1.94. The normalized spacial score (nSPS) is 12.1. The Hall–Kier alpha value is 0.0700. The van der Waals surface area contributed by atoms with Crippen LogP contribution >= 0.6 is 8.25 Å². The molecule has 0 rings (SSSR count). The van der Waals surface area contributed by atoms with Crippen LogP contribution in [-0.2, 0) is 13.8 Å². The fourth-order valence-corrected chi connectivity index (χ4v) is 1.40. The summed E-state index contributed by atoms with van der Waals surface area (Å²) in [6.45, 7) is 7.07. The van der Waals surface area contributed by atoms with E-state index in [2.05, 4.69) is 18.4 Å². The van der Waals surface area contributed by atoms with Crippen molar-refractivity contribution in [3.63, 3.8) is 0 Å². The van der Waals surface area contributed by atoms with E-state index in [1.165, 1.54) is 39.2 Å². The van der Waals surface area contributed by atoms with Gasteiger partial charge in [-0.05, 0) is 25.3 Å². The van der Waals surface area contributed by atoms with E-state index >= 15 is 0 Å². The summed E-state index contributed by atoms with van der Waals surface area (Å²) in [5.41, 5.74) is 5.36. The summed E-state index contributed by atoms with van der Waals surface area (Å²) in [6.07, 6.45) is 7.62. The van der Waals surface area contributed by atoms with E-state index in [0.717, 1.165) is 32.1 Å². The van der Waals surface area contributed by atoms with Gasteiger partial charge in [0, 0.05) is 20.3 Å². The Morgan fingerprint density at radius 2 is 1.63 bits per heavy atom. The lowest BCUT2D eigenvalue weighted by Crippen LogP contribution is -2.05. The molecule has 1 atom stereocenters. The molecule has 0 aromatic carbocycles. The van der Waals surface area contributed by atoms with Crippen molar-refractivity contribution in [3.8, 4) is 0 Å². The molecule has 0 bridgehead atoms. The van der Waals surface area contributed by atoms with Crippen LogP contribution in [0.5, 0.6) is 0 Å². The average molecular weight is 297 g/mol. The summed E-state index contributed by atoms with van der Waals surface area (Å²) < 4.78 is 18.6. The van der Waals surface area contributed by atoms with Gasteiger partial charge in [0.25, 0.3) is 0 Å². The van der Waals surface area contributed by atoms with Crippen molar-refractivity contribution >= 4 is 8.25 Å². The van der Waals surface area contributed by atoms with Gasteiger partial charge in [0.1, 0.15) is 0 Å². The van der Waals surface area contributed by atoms with Crippen LogP contribution in [0.1, 0.15) is 52.4 Å². The Morgan fingerprint density at radius 1 is 1.11 bits per heavy atom. The maximum atomic E-state index is 9.33. The molecular weight excluding hydrogens is 265 g/mol. The average Bonchev–Trinajstić information content (AvgIpc) is 2.37. The van der Waals surface area contributed by atoms with Crippen LogP contribution < -0.4 is 5.73 Å². The van der Waals surface area contributed by atoms with E-state index < -0.39 is 8.25 Å². The summed E-state index contributed by atoms with van der Waals surface area (Å²) in [7, 11) is -1.44. The first kappa shape index (κ1) is 21.4. The molecule has 3 N–H and O–H groups in total. The molecule has 0 saturated carbocycles. The Balaban J connectivity index is 0. The van der Waals surface area contributed by atoms with E-state index in [0.29, 0.717) is 0 Å². The lowest BCUT2D eigenvalue weighted by Gasteiger charge is -2.05. The van der Waals surface area contributed by atoms with E-state index in [9.17, 15) is 4.57 Å². The standard InChI is InChI=1S/C12H27NO.CH5O3P/c1-12(2)8-5-3-4-6-10-14-11-7-9-13;1-4-5(2)3/h12H,3-11,13H2,1-2H3;5H,1H3,(H,2,3). The van der Waals surface area contributed by atoms with Crippen LogP contribution in [-0.4, -0.2) is 31.8 Å². The predicted molar refractivity (Wildman–Crippen MR) is 80.6 cm³/mol. The number of hydrogen-bond acceptors (Lipinski definition) is 4. The van der Waals surface area contributed by atoms with Gasteiger partial charge in [-0.3, -0.25) is 4.57 Å². The second-order valence-electron chi connectivity index (χ2n) is 4.82. The smallest absolute Gasteiger partial charge is 0.316 e. The lowest BCUT2D eigenvalue weighted by atomic mass is 10.0. The zero-order chi connectivity index (χ0) is 14.9. The monoisotopic (exact) mass is 297 g/mol. The third-order valence-electron chi connectivity index (χ3n) is 2.49. The molecule has 0 aliphatic heterocycles. The van der Waals surface area contributed by atoms with E-state index in [1.54, 1.807) is 0 Å². The van der Waals surface area contributed by atoms with Crippen molar-refractivity contribution in [2.24, 2.45) is 11.7 Å². The molecule has 19 heavy (non-hydrogen) atoms. The highest BCUT2D eigenvalue weighted by atomic mass is 31.1. The highest BCUT2D eigenvalue weighted by molar-refractivity contribution is 7.32. The summed E-state index contributed by atoms with van der Waals surface area (Å²) in [5.74, 6) is 0.857. The summed E-state index contributed by atoms with van der Waals surface area (Å²) in [4.78, 5) is 7.69. The van der Waals surface area contributed by atoms with Gasteiger partial charge in [-0.25, -0.2) is 0 Å². The Morgan fingerprint density at radius 3 is 2.11 bits per heavy atom. The number of rotatable bonds is 11. The molecule has 0 spiro atoms. The molecular formula is C13H32NO4P. The van der Waals surface area contributed by atoms with Crippen LogP contribution in [0, 0.1) is 5.92 Å². The van der Waals surface area contributed by atoms with E-state index in [-0.39, 0.29) is 0 Å². The van der Waals surface area contributed by atoms with E-state index in [1.807, 2.05) is 0 Å². The topological polar surface area (TPSA) is 81.8 Å². The first-order chi connectivity index (χ1) is 9.04. The minimum Gasteiger partial charge on any atom is -0.381 e. The summed E-state index contributed by atoms with van der Waals surface area (Å²) >= 11 is 0. The number of nitrogens with two attached hydrogens (primary N) is 1. The van der Waals surface area contributed by atoms with Crippen molar-refractivity contribution in [2.45, 2.75) is 52.4 Å². The van der Waals surface area contributed by atoms with Crippen molar-refractivity contribution in [1.29, 1.82) is 0 Å². The van der Waals surface area contributed by atoms with Crippen LogP contribution in [0.15, 0.2) is 0 Å². The Bertz CT molecular complexity index is 191. The van der Waals surface area contributed by atoms with Crippen molar-refractivity contribution < 1.29 is 18.7 Å². The largest absolute Gasteiger partial charge is 0.381 e. The minimum atomic E-state index is -2.62. The SMILES string of the molecule is CC(C)CCCCCCOCCCN.CO[PH](=O)O. The van der Waals surface area contributed by atoms with Crippen LogP contribution in [0.25, 0.3) is 0 Å². The van der Waals surface area contributed by atoms with Crippen LogP contribution in [0.2, 0.25) is 0 Å². The van der Waals surface area contributed by atoms with Crippen LogP contribution in [0.4, 0.5) is 0 Å². The molecule has 0 radical (unpaired) electrons. The van der Waals surface area contributed by atoms with Crippen molar-refractivity contribution in [3.05, 3.63) is 0 Å². The predicted octanol–water partition coefficient (Wildman–Crippen LogP) is 2.97. The van der Waals surface area contributed by atoms with Gasteiger partial charge >= 0.3 is 8.25 Å². The van der Waals surface area contributed by atoms with Crippen LogP contribution in [0.3, 0.4) is 0 Å². The van der Waals surface area contributed by atoms with Gasteiger partial charge < -0.3 is 19.9 Å². The molecule has 0 heterocycles. The van der Waals surface area contributed by atoms with Gasteiger partial charge in [-0.15, -0.1) is 0 Å². The second kappa shape index (κ2) is 18.1. The zero-order valence-corrected chi connectivity index (χ0v) is 13.7. The molecule has 0 aliphatic carbocycles. The van der Waals surface area contributed by atoms with E-state index in [4.69, 9.17) is 15.4 Å². The third-order valence-corrected chi connectivity index (χ3v) is 2.84. The molecule has 0 aromatic rings. The third kappa shape index (κ3) is 27.3. The second-order valence-corrected chi connectivity index (χ2v) is 5.76. The fraction of sp³-hybridized carbons (Fsp3) is 1.00. The highest BCUT2D eigenvalue weighted by Crippen LogP contribution is 2.10. The maximum absolute atomic E-state index is 9.33. The molecule has 0 fully saturated rings. The number of unbranched alkanes of at least 4 members (excludes halogenated alkanes) is 3. The first-order valence-corrected chi connectivity index (χ1v) is 8.35. The maximum Gasteiger partial charge on any atom is 0.316 e. The number of hydrogen-bond donors (Lipinski definition) is 2. The fourth-order valence-electron chi connectivity index (χ4n) is 1.40. The van der Waals surface area contributed by atoms with Gasteiger partial charge in [-0.2, -0.15) is 0 Å². The summed E-state index contributed by atoms with van der Waals surface area (Å²) in [6, 6.07) is 0. The summed E-state index contributed by atoms with van der Waals surface area (Å²) in [5, 5.41) is 0. The minimum absolute atomic E-state index is 0.744. The molecule has 118 valence electrons. The van der Waals surface area contributed by atoms with Crippen molar-refractivity contribution in [2.75, 3.05) is 26.9 Å². The molecule has 0 amide bonds. The van der Waals surface area contributed by atoms with Gasteiger partial charge in [0.05, 0.1) is 0 Å². The molecule has 1 unspecified atom stereocenters. The van der Waals surface area contributed by atoms with Gasteiger partial charge in [0.15, 0.2) is 0 Å².